The monoisotopic (exact) mass is 268 g/mol. The first-order valence-corrected chi connectivity index (χ1v) is 6.19. The van der Waals surface area contributed by atoms with Gasteiger partial charge in [0, 0.05) is 12.6 Å². The van der Waals surface area contributed by atoms with E-state index in [0.717, 1.165) is 17.0 Å². The number of benzene rings is 1. The number of hydrogen-bond acceptors (Lipinski definition) is 5. The maximum Gasteiger partial charge on any atom is 0.185 e. The van der Waals surface area contributed by atoms with Gasteiger partial charge in [-0.25, -0.2) is 0 Å². The van der Waals surface area contributed by atoms with Gasteiger partial charge < -0.3 is 4.74 Å². The molecule has 0 aliphatic rings. The molecule has 0 saturated carbocycles. The standard InChI is InChI=1S/C15H16N4O/c1-10-7-12(14(20-4)8-11(10)2)13-5-6-15(18-17-13)19(3)9-16/h5-8H,1-4H3. The van der Waals surface area contributed by atoms with Gasteiger partial charge in [-0.05, 0) is 49.2 Å². The fourth-order valence-electron chi connectivity index (χ4n) is 1.86. The minimum atomic E-state index is 0.513. The normalized spacial score (nSPS) is 9.95. The van der Waals surface area contributed by atoms with E-state index >= 15 is 0 Å². The Hall–Kier alpha value is -2.61. The van der Waals surface area contributed by atoms with E-state index in [2.05, 4.69) is 10.2 Å². The molecule has 0 aliphatic heterocycles. The smallest absolute Gasteiger partial charge is 0.185 e. The summed E-state index contributed by atoms with van der Waals surface area (Å²) in [5.41, 5.74) is 3.95. The van der Waals surface area contributed by atoms with Gasteiger partial charge in [0.15, 0.2) is 12.0 Å². The number of nitriles is 1. The van der Waals surface area contributed by atoms with E-state index in [1.165, 1.54) is 16.0 Å². The minimum Gasteiger partial charge on any atom is -0.496 e. The highest BCUT2D eigenvalue weighted by Gasteiger charge is 2.11. The maximum absolute atomic E-state index is 8.81. The first kappa shape index (κ1) is 13.8. The van der Waals surface area contributed by atoms with E-state index in [1.54, 1.807) is 20.2 Å². The van der Waals surface area contributed by atoms with E-state index < -0.39 is 0 Å². The molecule has 1 heterocycles. The number of aryl methyl sites for hydroxylation is 2. The second kappa shape index (κ2) is 5.57. The molecule has 0 aliphatic carbocycles. The number of anilines is 1. The van der Waals surface area contributed by atoms with Crippen LogP contribution in [0.15, 0.2) is 24.3 Å². The number of rotatable bonds is 3. The van der Waals surface area contributed by atoms with Crippen molar-refractivity contribution in [2.45, 2.75) is 13.8 Å². The Morgan fingerprint density at radius 2 is 1.85 bits per heavy atom. The van der Waals surface area contributed by atoms with Gasteiger partial charge in [0.2, 0.25) is 0 Å². The Morgan fingerprint density at radius 3 is 2.40 bits per heavy atom. The fourth-order valence-corrected chi connectivity index (χ4v) is 1.86. The van der Waals surface area contributed by atoms with Gasteiger partial charge in [-0.15, -0.1) is 10.2 Å². The Morgan fingerprint density at radius 1 is 1.15 bits per heavy atom. The van der Waals surface area contributed by atoms with Crippen LogP contribution in [0, 0.1) is 25.3 Å². The van der Waals surface area contributed by atoms with Crippen molar-refractivity contribution in [3.63, 3.8) is 0 Å². The van der Waals surface area contributed by atoms with E-state index in [1.807, 2.05) is 38.2 Å². The Kier molecular flexibility index (Phi) is 3.85. The summed E-state index contributed by atoms with van der Waals surface area (Å²) < 4.78 is 5.40. The highest BCUT2D eigenvalue weighted by molar-refractivity contribution is 5.69. The van der Waals surface area contributed by atoms with Crippen LogP contribution in [0.4, 0.5) is 5.82 Å². The Bertz CT molecular complexity index is 659. The lowest BCUT2D eigenvalue weighted by atomic mass is 10.0. The summed E-state index contributed by atoms with van der Waals surface area (Å²) in [7, 11) is 3.28. The first-order valence-electron chi connectivity index (χ1n) is 6.19. The second-order valence-electron chi connectivity index (χ2n) is 4.57. The maximum atomic E-state index is 8.81. The molecular formula is C15H16N4O. The average molecular weight is 268 g/mol. The van der Waals surface area contributed by atoms with Gasteiger partial charge in [0.05, 0.1) is 12.8 Å². The fraction of sp³-hybridized carbons (Fsp3) is 0.267. The molecule has 0 fully saturated rings. The van der Waals surface area contributed by atoms with Gasteiger partial charge in [-0.2, -0.15) is 5.26 Å². The van der Waals surface area contributed by atoms with Crippen LogP contribution < -0.4 is 9.64 Å². The van der Waals surface area contributed by atoms with Crippen molar-refractivity contribution in [3.05, 3.63) is 35.4 Å². The van der Waals surface area contributed by atoms with Gasteiger partial charge >= 0.3 is 0 Å². The lowest BCUT2D eigenvalue weighted by Crippen LogP contribution is -2.10. The number of hydrogen-bond donors (Lipinski definition) is 0. The molecule has 2 aromatic rings. The highest BCUT2D eigenvalue weighted by Crippen LogP contribution is 2.31. The number of nitrogens with zero attached hydrogens (tertiary/aromatic N) is 4. The largest absolute Gasteiger partial charge is 0.496 e. The summed E-state index contributed by atoms with van der Waals surface area (Å²) in [5.74, 6) is 1.28. The third kappa shape index (κ3) is 2.54. The van der Waals surface area contributed by atoms with Crippen molar-refractivity contribution in [1.82, 2.24) is 10.2 Å². The third-order valence-corrected chi connectivity index (χ3v) is 3.24. The molecule has 0 N–H and O–H groups in total. The summed E-state index contributed by atoms with van der Waals surface area (Å²) in [5, 5.41) is 17.0. The Balaban J connectivity index is 2.47. The van der Waals surface area contributed by atoms with Crippen LogP contribution in [0.2, 0.25) is 0 Å². The van der Waals surface area contributed by atoms with Crippen LogP contribution >= 0.6 is 0 Å². The topological polar surface area (TPSA) is 62.0 Å². The predicted octanol–water partition coefficient (Wildman–Crippen LogP) is 2.69. The zero-order chi connectivity index (χ0) is 14.7. The summed E-state index contributed by atoms with van der Waals surface area (Å²) in [6, 6.07) is 7.62. The van der Waals surface area contributed by atoms with E-state index in [-0.39, 0.29) is 0 Å². The Labute approximate surface area is 118 Å². The molecule has 102 valence electrons. The van der Waals surface area contributed by atoms with E-state index in [0.29, 0.717) is 5.82 Å². The number of ether oxygens (including phenoxy) is 1. The van der Waals surface area contributed by atoms with Crippen LogP contribution in [-0.4, -0.2) is 24.4 Å². The van der Waals surface area contributed by atoms with Gasteiger partial charge in [0.25, 0.3) is 0 Å². The van der Waals surface area contributed by atoms with Gasteiger partial charge in [-0.1, -0.05) is 0 Å². The third-order valence-electron chi connectivity index (χ3n) is 3.24. The van der Waals surface area contributed by atoms with Crippen LogP contribution in [0.25, 0.3) is 11.3 Å². The van der Waals surface area contributed by atoms with Crippen LogP contribution in [0.3, 0.4) is 0 Å². The second-order valence-corrected chi connectivity index (χ2v) is 4.57. The molecule has 0 atom stereocenters. The molecule has 0 bridgehead atoms. The summed E-state index contributed by atoms with van der Waals surface area (Å²) in [4.78, 5) is 1.36. The summed E-state index contributed by atoms with van der Waals surface area (Å²) >= 11 is 0. The molecular weight excluding hydrogens is 252 g/mol. The molecule has 2 rings (SSSR count). The number of methoxy groups -OCH3 is 1. The zero-order valence-corrected chi connectivity index (χ0v) is 12.0. The molecule has 1 aromatic heterocycles. The van der Waals surface area contributed by atoms with Crippen molar-refractivity contribution < 1.29 is 4.74 Å². The molecule has 0 amide bonds. The molecule has 5 heteroatoms. The molecule has 0 unspecified atom stereocenters. The van der Waals surface area contributed by atoms with Crippen LogP contribution in [-0.2, 0) is 0 Å². The van der Waals surface area contributed by atoms with Gasteiger partial charge in [-0.3, -0.25) is 4.90 Å². The van der Waals surface area contributed by atoms with E-state index in [9.17, 15) is 0 Å². The zero-order valence-electron chi connectivity index (χ0n) is 12.0. The van der Waals surface area contributed by atoms with E-state index in [4.69, 9.17) is 10.00 Å². The minimum absolute atomic E-state index is 0.513. The van der Waals surface area contributed by atoms with Crippen molar-refractivity contribution in [2.24, 2.45) is 0 Å². The molecule has 0 saturated heterocycles. The molecule has 0 spiro atoms. The molecule has 20 heavy (non-hydrogen) atoms. The van der Waals surface area contributed by atoms with Crippen molar-refractivity contribution in [2.75, 3.05) is 19.1 Å². The SMILES string of the molecule is COc1cc(C)c(C)cc1-c1ccc(N(C)C#N)nn1. The lowest BCUT2D eigenvalue weighted by molar-refractivity contribution is 0.416. The van der Waals surface area contributed by atoms with Crippen LogP contribution in [0.5, 0.6) is 5.75 Å². The number of aromatic nitrogens is 2. The molecule has 0 radical (unpaired) electrons. The molecule has 1 aromatic carbocycles. The summed E-state index contributed by atoms with van der Waals surface area (Å²) in [6.07, 6.45) is 1.99. The highest BCUT2D eigenvalue weighted by atomic mass is 16.5. The first-order chi connectivity index (χ1) is 9.56. The van der Waals surface area contributed by atoms with Gasteiger partial charge in [0.1, 0.15) is 5.75 Å². The van der Waals surface area contributed by atoms with Crippen molar-refractivity contribution in [3.8, 4) is 23.2 Å². The quantitative estimate of drug-likeness (QED) is 0.632. The predicted molar refractivity (Wildman–Crippen MR) is 77.5 cm³/mol. The molecule has 5 nitrogen and oxygen atoms in total. The average Bonchev–Trinajstić information content (AvgIpc) is 2.49. The lowest BCUT2D eigenvalue weighted by Gasteiger charge is -2.12. The van der Waals surface area contributed by atoms with Crippen molar-refractivity contribution in [1.29, 1.82) is 5.26 Å². The summed E-state index contributed by atoms with van der Waals surface area (Å²) in [6.45, 7) is 4.09. The van der Waals surface area contributed by atoms with Crippen LogP contribution in [0.1, 0.15) is 11.1 Å². The van der Waals surface area contributed by atoms with Crippen molar-refractivity contribution >= 4 is 5.82 Å².